The molecule has 0 saturated carbocycles. The number of ether oxygens (including phenoxy) is 1. The minimum atomic E-state index is -3.74. The smallest absolute Gasteiger partial charge is 0.264 e. The highest BCUT2D eigenvalue weighted by atomic mass is 32.2. The van der Waals surface area contributed by atoms with Gasteiger partial charge in [0, 0.05) is 13.6 Å². The summed E-state index contributed by atoms with van der Waals surface area (Å²) in [6.45, 7) is 3.07. The van der Waals surface area contributed by atoms with E-state index in [1.165, 1.54) is 14.2 Å². The number of aryl methyl sites for hydroxylation is 2. The van der Waals surface area contributed by atoms with Gasteiger partial charge in [0.25, 0.3) is 10.1 Å². The largest absolute Gasteiger partial charge is 0.497 e. The van der Waals surface area contributed by atoms with Crippen molar-refractivity contribution in [2.45, 2.75) is 18.7 Å². The lowest BCUT2D eigenvalue weighted by atomic mass is 10.1. The van der Waals surface area contributed by atoms with E-state index in [1.54, 1.807) is 26.0 Å². The van der Waals surface area contributed by atoms with Crippen LogP contribution in [0.25, 0.3) is 0 Å². The highest BCUT2D eigenvalue weighted by Crippen LogP contribution is 2.27. The molecule has 0 unspecified atom stereocenters. The van der Waals surface area contributed by atoms with Crippen molar-refractivity contribution in [3.05, 3.63) is 23.3 Å². The monoisotopic (exact) mass is 351 g/mol. The van der Waals surface area contributed by atoms with Crippen molar-refractivity contribution < 1.29 is 25.8 Å². The Labute approximate surface area is 132 Å². The van der Waals surface area contributed by atoms with Crippen molar-refractivity contribution in [3.63, 3.8) is 0 Å². The predicted molar refractivity (Wildman–Crippen MR) is 83.1 cm³/mol. The van der Waals surface area contributed by atoms with Crippen LogP contribution in [0.5, 0.6) is 5.75 Å². The van der Waals surface area contributed by atoms with E-state index in [-0.39, 0.29) is 18.0 Å². The van der Waals surface area contributed by atoms with Crippen molar-refractivity contribution in [2.75, 3.05) is 33.6 Å². The van der Waals surface area contributed by atoms with E-state index in [0.717, 1.165) is 10.6 Å². The maximum absolute atomic E-state index is 12.6. The Morgan fingerprint density at radius 3 is 2.00 bits per heavy atom. The molecule has 0 saturated heterocycles. The van der Waals surface area contributed by atoms with Crippen LogP contribution in [-0.4, -0.2) is 54.7 Å². The molecule has 0 fully saturated rings. The number of hydrogen-bond donors (Lipinski definition) is 0. The summed E-state index contributed by atoms with van der Waals surface area (Å²) in [6, 6.07) is 3.28. The third-order valence-corrected chi connectivity index (χ3v) is 5.80. The Bertz CT molecular complexity index is 717. The molecule has 0 N–H and O–H groups in total. The number of nitrogens with zero attached hydrogens (tertiary/aromatic N) is 1. The maximum atomic E-state index is 12.6. The van der Waals surface area contributed by atoms with Crippen LogP contribution in [0.2, 0.25) is 0 Å². The van der Waals surface area contributed by atoms with E-state index in [0.29, 0.717) is 16.9 Å². The minimum absolute atomic E-state index is 0.0691. The molecule has 7 nitrogen and oxygen atoms in total. The first-order valence-corrected chi connectivity index (χ1v) is 9.70. The molecule has 0 heterocycles. The van der Waals surface area contributed by atoms with Gasteiger partial charge in [-0.15, -0.1) is 0 Å². The standard InChI is InChI=1S/C13H21NO6S2/c1-10-8-12(19-4)9-11(2)13(10)22(17,18)14(3)6-7-20-21(5,15)16/h8-9H,6-7H2,1-5H3. The van der Waals surface area contributed by atoms with E-state index in [1.807, 2.05) is 0 Å². The Balaban J connectivity index is 3.04. The van der Waals surface area contributed by atoms with Crippen LogP contribution in [0, 0.1) is 13.8 Å². The molecule has 1 aromatic carbocycles. The molecule has 0 atom stereocenters. The zero-order chi connectivity index (χ0) is 17.1. The molecular weight excluding hydrogens is 330 g/mol. The van der Waals surface area contributed by atoms with Crippen LogP contribution in [0.4, 0.5) is 0 Å². The molecule has 0 aliphatic heterocycles. The number of methoxy groups -OCH3 is 1. The van der Waals surface area contributed by atoms with Crippen molar-refractivity contribution in [1.29, 1.82) is 0 Å². The highest BCUT2D eigenvalue weighted by molar-refractivity contribution is 7.89. The topological polar surface area (TPSA) is 90.0 Å². The fourth-order valence-corrected chi connectivity index (χ4v) is 3.96. The summed E-state index contributed by atoms with van der Waals surface area (Å²) in [5, 5.41) is 0. The molecule has 0 amide bonds. The van der Waals surface area contributed by atoms with Gasteiger partial charge in [-0.05, 0) is 37.1 Å². The molecule has 0 radical (unpaired) electrons. The fourth-order valence-electron chi connectivity index (χ4n) is 2.03. The highest BCUT2D eigenvalue weighted by Gasteiger charge is 2.25. The number of benzene rings is 1. The van der Waals surface area contributed by atoms with Crippen molar-refractivity contribution >= 4 is 20.1 Å². The van der Waals surface area contributed by atoms with E-state index in [4.69, 9.17) is 4.74 Å². The second kappa shape index (κ2) is 6.95. The summed E-state index contributed by atoms with van der Waals surface area (Å²) in [6.07, 6.45) is 0.916. The zero-order valence-electron chi connectivity index (χ0n) is 13.3. The van der Waals surface area contributed by atoms with Gasteiger partial charge in [-0.2, -0.15) is 12.7 Å². The second-order valence-corrected chi connectivity index (χ2v) is 8.57. The van der Waals surface area contributed by atoms with Gasteiger partial charge in [-0.25, -0.2) is 8.42 Å². The first kappa shape index (κ1) is 18.9. The van der Waals surface area contributed by atoms with Crippen molar-refractivity contribution in [1.82, 2.24) is 4.31 Å². The molecule has 22 heavy (non-hydrogen) atoms. The number of sulfonamides is 1. The second-order valence-electron chi connectivity index (χ2n) is 4.94. The molecule has 0 aliphatic carbocycles. The molecule has 1 rings (SSSR count). The normalized spacial score (nSPS) is 12.6. The van der Waals surface area contributed by atoms with E-state index in [2.05, 4.69) is 4.18 Å². The summed E-state index contributed by atoms with van der Waals surface area (Å²) in [5.41, 5.74) is 1.13. The Morgan fingerprint density at radius 1 is 1.09 bits per heavy atom. The molecule has 9 heteroatoms. The van der Waals surface area contributed by atoms with Crippen LogP contribution in [0.3, 0.4) is 0 Å². The number of likely N-dealkylation sites (N-methyl/N-ethyl adjacent to an activating group) is 1. The summed E-state index contributed by atoms with van der Waals surface area (Å²) in [4.78, 5) is 0.190. The molecule has 0 aliphatic rings. The van der Waals surface area contributed by atoms with E-state index < -0.39 is 20.1 Å². The SMILES string of the molecule is COc1cc(C)c(S(=O)(=O)N(C)CCOS(C)(=O)=O)c(C)c1. The zero-order valence-corrected chi connectivity index (χ0v) is 14.9. The fraction of sp³-hybridized carbons (Fsp3) is 0.538. The first-order chi connectivity index (χ1) is 9.99. The van der Waals surface area contributed by atoms with Gasteiger partial charge in [-0.3, -0.25) is 4.18 Å². The lowest BCUT2D eigenvalue weighted by molar-refractivity contribution is 0.292. The summed E-state index contributed by atoms with van der Waals surface area (Å²) in [7, 11) is -4.44. The Kier molecular flexibility index (Phi) is 5.96. The lowest BCUT2D eigenvalue weighted by Crippen LogP contribution is -2.31. The van der Waals surface area contributed by atoms with E-state index >= 15 is 0 Å². The summed E-state index contributed by atoms with van der Waals surface area (Å²) in [5.74, 6) is 0.581. The van der Waals surface area contributed by atoms with Crippen LogP contribution >= 0.6 is 0 Å². The van der Waals surface area contributed by atoms with Gasteiger partial charge in [0.05, 0.1) is 24.9 Å². The third kappa shape index (κ3) is 4.67. The van der Waals surface area contributed by atoms with Crippen LogP contribution in [0.1, 0.15) is 11.1 Å². The number of hydrogen-bond acceptors (Lipinski definition) is 6. The molecule has 126 valence electrons. The predicted octanol–water partition coefficient (Wildman–Crippen LogP) is 0.909. The molecule has 1 aromatic rings. The molecule has 0 aromatic heterocycles. The maximum Gasteiger partial charge on any atom is 0.264 e. The van der Waals surface area contributed by atoms with Gasteiger partial charge >= 0.3 is 0 Å². The first-order valence-electron chi connectivity index (χ1n) is 6.45. The average Bonchev–Trinajstić information content (AvgIpc) is 2.35. The Hall–Kier alpha value is -1.16. The van der Waals surface area contributed by atoms with Gasteiger partial charge in [0.1, 0.15) is 5.75 Å². The molecular formula is C13H21NO6S2. The van der Waals surface area contributed by atoms with Crippen LogP contribution in [-0.2, 0) is 24.3 Å². The van der Waals surface area contributed by atoms with Gasteiger partial charge in [0.15, 0.2) is 0 Å². The average molecular weight is 351 g/mol. The summed E-state index contributed by atoms with van der Waals surface area (Å²) >= 11 is 0. The van der Waals surface area contributed by atoms with Crippen molar-refractivity contribution in [2.24, 2.45) is 0 Å². The molecule has 0 spiro atoms. The molecule has 0 bridgehead atoms. The van der Waals surface area contributed by atoms with Gasteiger partial charge in [-0.1, -0.05) is 0 Å². The third-order valence-electron chi connectivity index (χ3n) is 3.04. The van der Waals surface area contributed by atoms with Gasteiger partial charge in [0.2, 0.25) is 10.0 Å². The Morgan fingerprint density at radius 2 is 1.59 bits per heavy atom. The lowest BCUT2D eigenvalue weighted by Gasteiger charge is -2.20. The van der Waals surface area contributed by atoms with Crippen LogP contribution < -0.4 is 4.74 Å². The van der Waals surface area contributed by atoms with Gasteiger partial charge < -0.3 is 4.74 Å². The van der Waals surface area contributed by atoms with E-state index in [9.17, 15) is 16.8 Å². The van der Waals surface area contributed by atoms with Crippen LogP contribution in [0.15, 0.2) is 17.0 Å². The quantitative estimate of drug-likeness (QED) is 0.678. The number of rotatable bonds is 7. The van der Waals surface area contributed by atoms with Crippen molar-refractivity contribution in [3.8, 4) is 5.75 Å². The summed E-state index contributed by atoms with van der Waals surface area (Å²) < 4.78 is 57.8. The minimum Gasteiger partial charge on any atom is -0.497 e.